The first kappa shape index (κ1) is 51.9. The summed E-state index contributed by atoms with van der Waals surface area (Å²) in [7, 11) is 0. The van der Waals surface area contributed by atoms with Gasteiger partial charge >= 0.3 is 0 Å². The van der Waals surface area contributed by atoms with Crippen LogP contribution >= 0.6 is 0 Å². The maximum Gasteiger partial charge on any atom is 0.187 e. The van der Waals surface area contributed by atoms with Crippen molar-refractivity contribution in [3.8, 4) is 0 Å². The van der Waals surface area contributed by atoms with Crippen molar-refractivity contribution in [3.05, 3.63) is 11.6 Å². The summed E-state index contributed by atoms with van der Waals surface area (Å²) >= 11 is 0. The Bertz CT molecular complexity index is 1660. The van der Waals surface area contributed by atoms with Crippen LogP contribution in [0.3, 0.4) is 0 Å². The molecule has 0 aromatic heterocycles. The van der Waals surface area contributed by atoms with Crippen LogP contribution in [-0.2, 0) is 28.4 Å². The van der Waals surface area contributed by atoms with Crippen LogP contribution in [0, 0.1) is 45.3 Å². The van der Waals surface area contributed by atoms with E-state index in [1.165, 1.54) is 0 Å². The molecule has 3 heterocycles. The summed E-state index contributed by atoms with van der Waals surface area (Å²) in [6.45, 7) is 15.0. The summed E-state index contributed by atoms with van der Waals surface area (Å²) in [5, 5.41) is 131. The lowest BCUT2D eigenvalue weighted by Crippen LogP contribution is -2.71. The fourth-order valence-corrected chi connectivity index (χ4v) is 14.6. The Morgan fingerprint density at radius 2 is 1.31 bits per heavy atom. The number of allylic oxidation sites excluding steroid dienone is 2. The fraction of sp³-hybridized carbons (Fsp3) is 0.957. The van der Waals surface area contributed by atoms with E-state index < -0.39 is 145 Å². The van der Waals surface area contributed by atoms with E-state index in [-0.39, 0.29) is 30.3 Å². The molecule has 25 atom stereocenters. The Morgan fingerprint density at radius 3 is 1.94 bits per heavy atom. The second-order valence-corrected chi connectivity index (χ2v) is 22.6. The van der Waals surface area contributed by atoms with Crippen LogP contribution in [0.4, 0.5) is 0 Å². The molecule has 0 amide bonds. The van der Waals surface area contributed by atoms with Gasteiger partial charge in [-0.3, -0.25) is 0 Å². The van der Waals surface area contributed by atoms with Crippen molar-refractivity contribution in [2.45, 2.75) is 217 Å². The van der Waals surface area contributed by atoms with Gasteiger partial charge in [0.2, 0.25) is 0 Å². The van der Waals surface area contributed by atoms with Crippen LogP contribution in [0.25, 0.3) is 0 Å². The molecule has 7 rings (SSSR count). The van der Waals surface area contributed by atoms with Gasteiger partial charge in [-0.05, 0) is 117 Å². The van der Waals surface area contributed by atoms with E-state index in [9.17, 15) is 61.3 Å². The molecule has 7 fully saturated rings. The van der Waals surface area contributed by atoms with Gasteiger partial charge in [0.05, 0.1) is 43.7 Å². The first-order valence-corrected chi connectivity index (χ1v) is 23.9. The van der Waals surface area contributed by atoms with Gasteiger partial charge in [0.25, 0.3) is 0 Å². The van der Waals surface area contributed by atoms with E-state index in [1.807, 2.05) is 34.6 Å². The number of rotatable bonds is 12. The highest BCUT2D eigenvalue weighted by Gasteiger charge is 2.74. The molecule has 0 spiro atoms. The van der Waals surface area contributed by atoms with E-state index in [0.717, 1.165) is 5.57 Å². The minimum atomic E-state index is -1.73. The molecule has 7 aliphatic rings. The summed E-state index contributed by atoms with van der Waals surface area (Å²) in [5.41, 5.74) is -2.41. The average Bonchev–Trinajstić information content (AvgIpc) is 3.63. The Morgan fingerprint density at radius 1 is 0.692 bits per heavy atom. The Kier molecular flexibility index (Phi) is 15.1. The Labute approximate surface area is 382 Å². The second-order valence-electron chi connectivity index (χ2n) is 22.6. The van der Waals surface area contributed by atoms with Gasteiger partial charge in [-0.25, -0.2) is 0 Å². The van der Waals surface area contributed by atoms with Crippen LogP contribution in [-0.4, -0.2) is 191 Å². The maximum atomic E-state index is 12.7. The third-order valence-electron chi connectivity index (χ3n) is 18.3. The summed E-state index contributed by atoms with van der Waals surface area (Å²) in [4.78, 5) is 0. The predicted octanol–water partition coefficient (Wildman–Crippen LogP) is -0.417. The molecule has 3 saturated heterocycles. The van der Waals surface area contributed by atoms with Crippen LogP contribution in [0.2, 0.25) is 0 Å². The van der Waals surface area contributed by atoms with Crippen molar-refractivity contribution < 1.29 is 89.7 Å². The largest absolute Gasteiger partial charge is 0.394 e. The van der Waals surface area contributed by atoms with Crippen molar-refractivity contribution in [2.75, 3.05) is 19.8 Å². The molecule has 0 bridgehead atoms. The minimum absolute atomic E-state index is 0.0828. The third-order valence-corrected chi connectivity index (χ3v) is 18.3. The van der Waals surface area contributed by atoms with Gasteiger partial charge in [0.15, 0.2) is 18.9 Å². The molecule has 3 aliphatic heterocycles. The molecule has 376 valence electrons. The highest BCUT2D eigenvalue weighted by Crippen LogP contribution is 2.76. The van der Waals surface area contributed by atoms with Gasteiger partial charge in [-0.15, -0.1) is 0 Å². The summed E-state index contributed by atoms with van der Waals surface area (Å²) in [6, 6.07) is 0. The van der Waals surface area contributed by atoms with E-state index in [1.54, 1.807) is 0 Å². The standard InChI is InChI=1S/C47H80O18/c1-21(2)10-9-13-47(8,65-41-37(59)34(56)32(54)26(18-48)62-41)22-11-15-45(6)30(22)23(50)16-28-44(5)14-12-29(52)43(3,4)39(44)25(17-46(28,45)7)61-42-38(35(57)33(55)27(19-49)63-42)64-40-36(58)31(53)24(51)20-60-40/h10,22-42,48-59H,9,11-20H2,1-8H3/t22-,23+,24-,25+,26-,27+,28+,29+,30-,31+,32-,33+,34+,35-,36-,37-,38+,39+,40+,41+,42-,44+,45+,46+,47-/m0/s1. The molecule has 12 N–H and O–H groups in total. The van der Waals surface area contributed by atoms with E-state index in [0.29, 0.717) is 51.4 Å². The van der Waals surface area contributed by atoms with Crippen LogP contribution < -0.4 is 0 Å². The number of hydrogen-bond donors (Lipinski definition) is 12. The van der Waals surface area contributed by atoms with Crippen molar-refractivity contribution in [1.29, 1.82) is 0 Å². The van der Waals surface area contributed by atoms with Crippen LogP contribution in [0.5, 0.6) is 0 Å². The SMILES string of the molecule is CC(C)=CCC[C@](C)(O[C@H]1O[C@@H](CO)[C@H](O)[C@@H](O)[C@@H]1O)[C@H]1CC[C@]2(C)[C@@H]1[C@H](O)C[C@@H]1[C@@]3(C)CC[C@@H](O)C(C)(C)[C@H]3[C@H](O[C@H]3O[C@H](CO)[C@@H](O)[C@H](O)[C@H]3O[C@H]3OC[C@H](O)[C@@H](O)[C@@H]3O)C[C@]12C. The highest BCUT2D eigenvalue weighted by molar-refractivity contribution is 5.22. The highest BCUT2D eigenvalue weighted by atomic mass is 16.8. The predicted molar refractivity (Wildman–Crippen MR) is 229 cm³/mol. The van der Waals surface area contributed by atoms with Gasteiger partial charge < -0.3 is 89.7 Å². The lowest BCUT2D eigenvalue weighted by molar-refractivity contribution is -0.377. The van der Waals surface area contributed by atoms with Crippen molar-refractivity contribution in [3.63, 3.8) is 0 Å². The van der Waals surface area contributed by atoms with Crippen LogP contribution in [0.15, 0.2) is 11.6 Å². The molecule has 18 heteroatoms. The fourth-order valence-electron chi connectivity index (χ4n) is 14.6. The number of ether oxygens (including phenoxy) is 6. The lowest BCUT2D eigenvalue weighted by Gasteiger charge is -2.72. The number of aliphatic hydroxyl groups excluding tert-OH is 12. The summed E-state index contributed by atoms with van der Waals surface area (Å²) in [6.07, 6.45) is -17.2. The summed E-state index contributed by atoms with van der Waals surface area (Å²) < 4.78 is 37.7. The van der Waals surface area contributed by atoms with Crippen molar-refractivity contribution >= 4 is 0 Å². The van der Waals surface area contributed by atoms with E-state index in [4.69, 9.17) is 28.4 Å². The molecular formula is C47H80O18. The normalized spacial score (nSPS) is 53.0. The monoisotopic (exact) mass is 933 g/mol. The van der Waals surface area contributed by atoms with Gasteiger partial charge in [-0.1, -0.05) is 46.3 Å². The Balaban J connectivity index is 1.27. The summed E-state index contributed by atoms with van der Waals surface area (Å²) in [5.74, 6) is -1.11. The van der Waals surface area contributed by atoms with Crippen LogP contribution in [0.1, 0.15) is 107 Å². The van der Waals surface area contributed by atoms with E-state index in [2.05, 4.69) is 26.8 Å². The van der Waals surface area contributed by atoms with Gasteiger partial charge in [0.1, 0.15) is 67.1 Å². The zero-order chi connectivity index (χ0) is 47.9. The molecule has 4 aliphatic carbocycles. The second kappa shape index (κ2) is 19.0. The van der Waals surface area contributed by atoms with E-state index >= 15 is 0 Å². The Hall–Kier alpha value is -0.980. The van der Waals surface area contributed by atoms with Gasteiger partial charge in [0, 0.05) is 0 Å². The molecule has 0 aromatic carbocycles. The van der Waals surface area contributed by atoms with Gasteiger partial charge in [-0.2, -0.15) is 0 Å². The quantitative estimate of drug-likeness (QED) is 0.0874. The molecule has 0 unspecified atom stereocenters. The number of fused-ring (bicyclic) bond motifs is 5. The molecule has 4 saturated carbocycles. The number of aliphatic hydroxyl groups is 12. The topological polar surface area (TPSA) is 298 Å². The first-order chi connectivity index (χ1) is 30.3. The lowest BCUT2D eigenvalue weighted by atomic mass is 9.34. The zero-order valence-corrected chi connectivity index (χ0v) is 39.3. The minimum Gasteiger partial charge on any atom is -0.394 e. The van der Waals surface area contributed by atoms with Crippen molar-refractivity contribution in [2.24, 2.45) is 45.3 Å². The average molecular weight is 933 g/mol. The number of hydrogen-bond acceptors (Lipinski definition) is 18. The third kappa shape index (κ3) is 8.72. The molecule has 0 aromatic rings. The molecular weight excluding hydrogens is 852 g/mol. The zero-order valence-electron chi connectivity index (χ0n) is 39.3. The molecule has 0 radical (unpaired) electrons. The first-order valence-electron chi connectivity index (χ1n) is 23.9. The smallest absolute Gasteiger partial charge is 0.187 e. The molecule has 65 heavy (non-hydrogen) atoms. The maximum absolute atomic E-state index is 12.7. The van der Waals surface area contributed by atoms with Crippen molar-refractivity contribution in [1.82, 2.24) is 0 Å². The molecule has 18 nitrogen and oxygen atoms in total.